The van der Waals surface area contributed by atoms with E-state index in [1.54, 1.807) is 11.2 Å². The predicted octanol–water partition coefficient (Wildman–Crippen LogP) is 3.90. The molecule has 7 nitrogen and oxygen atoms in total. The van der Waals surface area contributed by atoms with Gasteiger partial charge in [0, 0.05) is 30.5 Å². The van der Waals surface area contributed by atoms with Crippen molar-refractivity contribution in [3.05, 3.63) is 95.3 Å². The summed E-state index contributed by atoms with van der Waals surface area (Å²) in [4.78, 5) is 31.9. The second kappa shape index (κ2) is 8.94. The highest BCUT2D eigenvalue weighted by Crippen LogP contribution is 2.20. The van der Waals surface area contributed by atoms with Crippen molar-refractivity contribution in [3.8, 4) is 0 Å². The third-order valence-electron chi connectivity index (χ3n) is 5.84. The lowest BCUT2D eigenvalue weighted by atomic mass is 10.1. The molecular formula is C26H26N4O3. The van der Waals surface area contributed by atoms with E-state index < -0.39 is 0 Å². The summed E-state index contributed by atoms with van der Waals surface area (Å²) in [6.45, 7) is 2.78. The lowest BCUT2D eigenvalue weighted by molar-refractivity contribution is -0.132. The number of fused-ring (bicyclic) bond motifs is 1. The van der Waals surface area contributed by atoms with Gasteiger partial charge in [0.1, 0.15) is 11.4 Å². The summed E-state index contributed by atoms with van der Waals surface area (Å²) in [7, 11) is 0. The van der Waals surface area contributed by atoms with Crippen LogP contribution in [0.4, 0.5) is 0 Å². The lowest BCUT2D eigenvalue weighted by Crippen LogP contribution is -2.31. The maximum atomic E-state index is 13.3. The second-order valence-electron chi connectivity index (χ2n) is 8.60. The van der Waals surface area contributed by atoms with E-state index in [1.807, 2.05) is 72.2 Å². The van der Waals surface area contributed by atoms with Gasteiger partial charge >= 0.3 is 0 Å². The van der Waals surface area contributed by atoms with Gasteiger partial charge in [-0.2, -0.15) is 0 Å². The standard InChI is InChI=1S/C26H26N4O3/c1-18-4-2-12-29-16-22(27-25(18)29)14-24(31)30(17-23-5-3-13-33-23)15-19-6-8-20(9-7-19)26(32)28-21-10-11-21/h2-9,12-13,16,21H,10-11,14-15,17H2,1H3,(H,28,32). The van der Waals surface area contributed by atoms with Crippen LogP contribution in [-0.2, 0) is 24.3 Å². The van der Waals surface area contributed by atoms with Gasteiger partial charge in [-0.15, -0.1) is 0 Å². The van der Waals surface area contributed by atoms with Crippen molar-refractivity contribution in [2.45, 2.75) is 45.3 Å². The fraction of sp³-hybridized carbons (Fsp3) is 0.269. The third-order valence-corrected chi connectivity index (χ3v) is 5.84. The molecule has 4 aromatic rings. The fourth-order valence-corrected chi connectivity index (χ4v) is 3.86. The first kappa shape index (κ1) is 21.0. The number of carbonyl (C=O) groups excluding carboxylic acids is 2. The van der Waals surface area contributed by atoms with E-state index >= 15 is 0 Å². The minimum atomic E-state index is -0.0466. The van der Waals surface area contributed by atoms with E-state index in [9.17, 15) is 9.59 Å². The molecule has 0 unspecified atom stereocenters. The molecule has 1 aliphatic rings. The average molecular weight is 443 g/mol. The largest absolute Gasteiger partial charge is 0.467 e. The Balaban J connectivity index is 1.32. The van der Waals surface area contributed by atoms with Gasteiger partial charge < -0.3 is 19.0 Å². The normalized spacial score (nSPS) is 13.2. The molecule has 0 spiro atoms. The molecule has 2 amide bonds. The Morgan fingerprint density at radius 3 is 2.64 bits per heavy atom. The molecule has 33 heavy (non-hydrogen) atoms. The predicted molar refractivity (Wildman–Crippen MR) is 124 cm³/mol. The Labute approximate surface area is 192 Å². The molecule has 168 valence electrons. The minimum absolute atomic E-state index is 0.0389. The Hall–Kier alpha value is -3.87. The van der Waals surface area contributed by atoms with Gasteiger partial charge in [-0.25, -0.2) is 4.98 Å². The number of carbonyl (C=O) groups is 2. The van der Waals surface area contributed by atoms with Crippen molar-refractivity contribution < 1.29 is 14.0 Å². The SMILES string of the molecule is Cc1cccn2cc(CC(=O)N(Cc3ccc(C(=O)NC4CC4)cc3)Cc3ccco3)nc12. The maximum absolute atomic E-state index is 13.3. The maximum Gasteiger partial charge on any atom is 0.251 e. The van der Waals surface area contributed by atoms with E-state index in [0.29, 0.717) is 24.7 Å². The number of furan rings is 1. The summed E-state index contributed by atoms with van der Waals surface area (Å²) in [5.41, 5.74) is 4.23. The average Bonchev–Trinajstić information content (AvgIpc) is 3.29. The van der Waals surface area contributed by atoms with Crippen LogP contribution >= 0.6 is 0 Å². The number of rotatable bonds is 8. The first-order valence-electron chi connectivity index (χ1n) is 11.2. The number of nitrogens with zero attached hydrogens (tertiary/aromatic N) is 3. The Kier molecular flexibility index (Phi) is 5.69. The van der Waals surface area contributed by atoms with E-state index in [1.165, 1.54) is 0 Å². The van der Waals surface area contributed by atoms with Crippen LogP contribution < -0.4 is 5.32 Å². The quantitative estimate of drug-likeness (QED) is 0.449. The summed E-state index contributed by atoms with van der Waals surface area (Å²) in [6.07, 6.45) is 7.75. The summed E-state index contributed by atoms with van der Waals surface area (Å²) < 4.78 is 7.44. The number of imidazole rings is 1. The van der Waals surface area contributed by atoms with Gasteiger partial charge in [0.2, 0.25) is 5.91 Å². The molecule has 0 atom stereocenters. The molecule has 3 heterocycles. The second-order valence-corrected chi connectivity index (χ2v) is 8.60. The molecule has 0 bridgehead atoms. The smallest absolute Gasteiger partial charge is 0.251 e. The third kappa shape index (κ3) is 4.98. The summed E-state index contributed by atoms with van der Waals surface area (Å²) in [5, 5.41) is 3.00. The van der Waals surface area contributed by atoms with Crippen LogP contribution in [0.5, 0.6) is 0 Å². The van der Waals surface area contributed by atoms with E-state index in [4.69, 9.17) is 4.42 Å². The van der Waals surface area contributed by atoms with E-state index in [2.05, 4.69) is 10.3 Å². The van der Waals surface area contributed by atoms with E-state index in [0.717, 1.165) is 41.1 Å². The van der Waals surface area contributed by atoms with Gasteiger partial charge in [0.25, 0.3) is 5.91 Å². The van der Waals surface area contributed by atoms with Crippen molar-refractivity contribution in [1.29, 1.82) is 0 Å². The molecule has 0 saturated heterocycles. The van der Waals surface area contributed by atoms with Gasteiger partial charge in [0.15, 0.2) is 0 Å². The highest BCUT2D eigenvalue weighted by atomic mass is 16.3. The molecule has 1 aromatic carbocycles. The van der Waals surface area contributed by atoms with Gasteiger partial charge in [-0.1, -0.05) is 18.2 Å². The molecule has 1 aliphatic carbocycles. The Bertz CT molecular complexity index is 1270. The Morgan fingerprint density at radius 1 is 1.12 bits per heavy atom. The van der Waals surface area contributed by atoms with Gasteiger partial charge in [-0.3, -0.25) is 9.59 Å². The van der Waals surface area contributed by atoms with Crippen LogP contribution in [-0.4, -0.2) is 32.1 Å². The molecular weight excluding hydrogens is 416 g/mol. The van der Waals surface area contributed by atoms with Crippen LogP contribution in [0.1, 0.15) is 45.8 Å². The van der Waals surface area contributed by atoms with Crippen LogP contribution in [0.2, 0.25) is 0 Å². The van der Waals surface area contributed by atoms with Crippen LogP contribution in [0, 0.1) is 6.92 Å². The van der Waals surface area contributed by atoms with Crippen molar-refractivity contribution in [3.63, 3.8) is 0 Å². The molecule has 1 saturated carbocycles. The van der Waals surface area contributed by atoms with Gasteiger partial charge in [0.05, 0.1) is 24.9 Å². The number of aromatic nitrogens is 2. The molecule has 7 heteroatoms. The fourth-order valence-electron chi connectivity index (χ4n) is 3.86. The molecule has 0 aliphatic heterocycles. The van der Waals surface area contributed by atoms with Crippen molar-refractivity contribution in [2.75, 3.05) is 0 Å². The molecule has 5 rings (SSSR count). The summed E-state index contributed by atoms with van der Waals surface area (Å²) in [6, 6.07) is 15.4. The van der Waals surface area contributed by atoms with Crippen molar-refractivity contribution >= 4 is 17.5 Å². The number of amides is 2. The van der Waals surface area contributed by atoms with Crippen molar-refractivity contribution in [1.82, 2.24) is 19.6 Å². The zero-order valence-electron chi connectivity index (χ0n) is 18.5. The molecule has 1 fully saturated rings. The number of hydrogen-bond donors (Lipinski definition) is 1. The zero-order valence-corrected chi connectivity index (χ0v) is 18.5. The first-order valence-corrected chi connectivity index (χ1v) is 11.2. The number of pyridine rings is 1. The number of benzene rings is 1. The number of nitrogens with one attached hydrogen (secondary N) is 1. The minimum Gasteiger partial charge on any atom is -0.467 e. The highest BCUT2D eigenvalue weighted by Gasteiger charge is 2.24. The molecule has 3 aromatic heterocycles. The van der Waals surface area contributed by atoms with Crippen LogP contribution in [0.3, 0.4) is 0 Å². The first-order chi connectivity index (χ1) is 16.0. The Morgan fingerprint density at radius 2 is 1.94 bits per heavy atom. The zero-order chi connectivity index (χ0) is 22.8. The highest BCUT2D eigenvalue weighted by molar-refractivity contribution is 5.94. The van der Waals surface area contributed by atoms with Crippen molar-refractivity contribution in [2.24, 2.45) is 0 Å². The summed E-state index contributed by atoms with van der Waals surface area (Å²) >= 11 is 0. The lowest BCUT2D eigenvalue weighted by Gasteiger charge is -2.22. The van der Waals surface area contributed by atoms with Crippen LogP contribution in [0.25, 0.3) is 5.65 Å². The van der Waals surface area contributed by atoms with Crippen LogP contribution in [0.15, 0.2) is 71.6 Å². The number of hydrogen-bond acceptors (Lipinski definition) is 4. The molecule has 0 radical (unpaired) electrons. The monoisotopic (exact) mass is 442 g/mol. The number of aryl methyl sites for hydroxylation is 1. The van der Waals surface area contributed by atoms with E-state index in [-0.39, 0.29) is 18.2 Å². The summed E-state index contributed by atoms with van der Waals surface area (Å²) in [5.74, 6) is 0.632. The topological polar surface area (TPSA) is 79.9 Å². The van der Waals surface area contributed by atoms with Gasteiger partial charge in [-0.05, 0) is 61.2 Å². The molecule has 1 N–H and O–H groups in total.